The molecule has 1 atom stereocenters. The van der Waals surface area contributed by atoms with E-state index in [-0.39, 0.29) is 18.1 Å². The predicted molar refractivity (Wildman–Crippen MR) is 117 cm³/mol. The summed E-state index contributed by atoms with van der Waals surface area (Å²) in [7, 11) is 0. The summed E-state index contributed by atoms with van der Waals surface area (Å²) in [6.07, 6.45) is 0.483. The lowest BCUT2D eigenvalue weighted by Crippen LogP contribution is -2.32. The Hall–Kier alpha value is -2.91. The summed E-state index contributed by atoms with van der Waals surface area (Å²) in [4.78, 5) is 28.4. The lowest BCUT2D eigenvalue weighted by molar-refractivity contribution is -0.137. The van der Waals surface area contributed by atoms with Gasteiger partial charge in [0.15, 0.2) is 0 Å². The third-order valence-electron chi connectivity index (χ3n) is 5.00. The maximum atomic E-state index is 13.1. The number of hydrogen-bond donors (Lipinski definition) is 0. The summed E-state index contributed by atoms with van der Waals surface area (Å²) in [5.41, 5.74) is -0.434. The summed E-state index contributed by atoms with van der Waals surface area (Å²) in [6, 6.07) is 2.07. The monoisotopic (exact) mass is 453 g/mol. The van der Waals surface area contributed by atoms with Crippen molar-refractivity contribution in [3.63, 3.8) is 0 Å². The van der Waals surface area contributed by atoms with Crippen LogP contribution in [-0.2, 0) is 10.9 Å². The largest absolute Gasteiger partial charge is 0.462 e. The molecule has 2 aromatic heterocycles. The molecule has 0 amide bonds. The molecule has 3 heterocycles. The van der Waals surface area contributed by atoms with Gasteiger partial charge in [0.1, 0.15) is 5.82 Å². The number of aromatic nitrogens is 3. The van der Waals surface area contributed by atoms with Crippen LogP contribution in [0.25, 0.3) is 0 Å². The van der Waals surface area contributed by atoms with E-state index >= 15 is 0 Å². The first-order valence-electron chi connectivity index (χ1n) is 10.8. The van der Waals surface area contributed by atoms with E-state index in [4.69, 9.17) is 4.74 Å². The molecule has 3 rings (SSSR count). The Morgan fingerprint density at radius 2 is 1.72 bits per heavy atom. The fourth-order valence-electron chi connectivity index (χ4n) is 3.33. The quantitative estimate of drug-likeness (QED) is 0.620. The second kappa shape index (κ2) is 11.6. The smallest absolute Gasteiger partial charge is 0.416 e. The Bertz CT molecular complexity index is 861. The average molecular weight is 454 g/mol. The molecule has 2 aromatic rings. The van der Waals surface area contributed by atoms with Gasteiger partial charge in [0.2, 0.25) is 5.95 Å². The van der Waals surface area contributed by atoms with E-state index in [1.807, 2.05) is 30.6 Å². The highest BCUT2D eigenvalue weighted by Crippen LogP contribution is 2.31. The third-order valence-corrected chi connectivity index (χ3v) is 5.00. The molecule has 1 aliphatic heterocycles. The predicted octanol–water partition coefficient (Wildman–Crippen LogP) is 4.45. The molecular formula is C22H30F3N5O2. The molecular weight excluding hydrogens is 423 g/mol. The van der Waals surface area contributed by atoms with Gasteiger partial charge >= 0.3 is 12.1 Å². The zero-order chi connectivity index (χ0) is 23.7. The van der Waals surface area contributed by atoms with Crippen molar-refractivity contribution in [2.24, 2.45) is 5.92 Å². The van der Waals surface area contributed by atoms with Gasteiger partial charge in [-0.2, -0.15) is 13.2 Å². The summed E-state index contributed by atoms with van der Waals surface area (Å²) >= 11 is 0. The van der Waals surface area contributed by atoms with Crippen LogP contribution in [0.2, 0.25) is 0 Å². The number of rotatable bonds is 5. The Kier molecular flexibility index (Phi) is 9.22. The normalized spacial score (nSPS) is 16.7. The van der Waals surface area contributed by atoms with Crippen molar-refractivity contribution in [3.8, 4) is 0 Å². The van der Waals surface area contributed by atoms with E-state index in [1.165, 1.54) is 18.6 Å². The summed E-state index contributed by atoms with van der Waals surface area (Å²) in [5.74, 6) is 0.495. The highest BCUT2D eigenvalue weighted by Gasteiger charge is 2.32. The van der Waals surface area contributed by atoms with Crippen LogP contribution < -0.4 is 9.80 Å². The maximum Gasteiger partial charge on any atom is 0.416 e. The molecule has 1 unspecified atom stereocenters. The Labute approximate surface area is 186 Å². The number of ether oxygens (including phenoxy) is 1. The summed E-state index contributed by atoms with van der Waals surface area (Å²) in [5, 5.41) is 0. The first-order valence-corrected chi connectivity index (χ1v) is 10.8. The van der Waals surface area contributed by atoms with Crippen LogP contribution in [0.4, 0.5) is 24.9 Å². The Balaban J connectivity index is 0.00000176. The first-order chi connectivity index (χ1) is 15.3. The van der Waals surface area contributed by atoms with Gasteiger partial charge in [-0.15, -0.1) is 0 Å². The molecule has 0 aliphatic carbocycles. The second-order valence-corrected chi connectivity index (χ2v) is 7.06. The topological polar surface area (TPSA) is 71.5 Å². The molecule has 7 nitrogen and oxygen atoms in total. The molecule has 0 spiro atoms. The number of carbonyl (C=O) groups excluding carboxylic acids is 1. The lowest BCUT2D eigenvalue weighted by atomic mass is 10.1. The van der Waals surface area contributed by atoms with Gasteiger partial charge in [-0.25, -0.2) is 19.7 Å². The Morgan fingerprint density at radius 1 is 1.09 bits per heavy atom. The first kappa shape index (κ1) is 25.4. The zero-order valence-electron chi connectivity index (χ0n) is 18.9. The van der Waals surface area contributed by atoms with E-state index < -0.39 is 17.7 Å². The maximum absolute atomic E-state index is 13.1. The minimum Gasteiger partial charge on any atom is -0.462 e. The van der Waals surface area contributed by atoms with Crippen molar-refractivity contribution < 1.29 is 22.7 Å². The van der Waals surface area contributed by atoms with E-state index in [9.17, 15) is 18.0 Å². The molecule has 176 valence electrons. The van der Waals surface area contributed by atoms with Gasteiger partial charge in [-0.1, -0.05) is 20.8 Å². The third kappa shape index (κ3) is 6.54. The fourth-order valence-corrected chi connectivity index (χ4v) is 3.33. The molecule has 0 N–H and O–H groups in total. The molecule has 1 fully saturated rings. The molecule has 10 heteroatoms. The lowest BCUT2D eigenvalue weighted by Gasteiger charge is -2.24. The van der Waals surface area contributed by atoms with Gasteiger partial charge in [-0.05, 0) is 31.4 Å². The minimum absolute atomic E-state index is 0.192. The summed E-state index contributed by atoms with van der Waals surface area (Å²) in [6.45, 7) is 10.3. The second-order valence-electron chi connectivity index (χ2n) is 7.06. The van der Waals surface area contributed by atoms with Crippen LogP contribution in [0.5, 0.6) is 0 Å². The molecule has 1 aliphatic rings. The highest BCUT2D eigenvalue weighted by atomic mass is 19.4. The van der Waals surface area contributed by atoms with Crippen molar-refractivity contribution in [3.05, 3.63) is 41.9 Å². The van der Waals surface area contributed by atoms with E-state index in [1.54, 1.807) is 6.92 Å². The number of halogens is 3. The highest BCUT2D eigenvalue weighted by molar-refractivity contribution is 5.88. The van der Waals surface area contributed by atoms with Gasteiger partial charge in [0.25, 0.3) is 0 Å². The van der Waals surface area contributed by atoms with E-state index in [0.717, 1.165) is 18.6 Å². The molecule has 0 radical (unpaired) electrons. The van der Waals surface area contributed by atoms with E-state index in [2.05, 4.69) is 15.0 Å². The van der Waals surface area contributed by atoms with Gasteiger partial charge < -0.3 is 14.5 Å². The Morgan fingerprint density at radius 3 is 2.31 bits per heavy atom. The number of pyridine rings is 1. The number of nitrogens with zero attached hydrogens (tertiary/aromatic N) is 5. The SMILES string of the molecule is CC.CCOC(=O)c1cnc(N2CCN(c3cc(C(F)(F)F)ccn3)CC(CC)C2)nc1. The molecule has 0 aromatic carbocycles. The van der Waals surface area contributed by atoms with Crippen LogP contribution in [-0.4, -0.2) is 53.7 Å². The molecule has 0 bridgehead atoms. The number of alkyl halides is 3. The van der Waals surface area contributed by atoms with E-state index in [0.29, 0.717) is 37.9 Å². The average Bonchev–Trinajstić information content (AvgIpc) is 3.03. The van der Waals surface area contributed by atoms with Crippen molar-refractivity contribution in [2.45, 2.75) is 40.3 Å². The molecule has 32 heavy (non-hydrogen) atoms. The van der Waals surface area contributed by atoms with Gasteiger partial charge in [-0.3, -0.25) is 0 Å². The van der Waals surface area contributed by atoms with Gasteiger partial charge in [0.05, 0.1) is 17.7 Å². The van der Waals surface area contributed by atoms with Crippen LogP contribution in [0.15, 0.2) is 30.7 Å². The van der Waals surface area contributed by atoms with Crippen molar-refractivity contribution in [1.82, 2.24) is 15.0 Å². The van der Waals surface area contributed by atoms with Gasteiger partial charge in [0, 0.05) is 44.8 Å². The van der Waals surface area contributed by atoms with Crippen LogP contribution in [0, 0.1) is 5.92 Å². The summed E-state index contributed by atoms with van der Waals surface area (Å²) < 4.78 is 44.2. The fraction of sp³-hybridized carbons (Fsp3) is 0.545. The van der Waals surface area contributed by atoms with Crippen LogP contribution in [0.1, 0.15) is 50.0 Å². The van der Waals surface area contributed by atoms with Crippen molar-refractivity contribution >= 4 is 17.7 Å². The van der Waals surface area contributed by atoms with Crippen molar-refractivity contribution in [2.75, 3.05) is 42.6 Å². The minimum atomic E-state index is -4.41. The van der Waals surface area contributed by atoms with Crippen LogP contribution in [0.3, 0.4) is 0 Å². The van der Waals surface area contributed by atoms with Crippen LogP contribution >= 0.6 is 0 Å². The number of anilines is 2. The molecule has 0 saturated carbocycles. The number of esters is 1. The standard InChI is InChI=1S/C20H24F3N5O2.C2H6/c1-3-14-12-27(17-9-16(5-6-24-17)20(21,22)23)7-8-28(13-14)19-25-10-15(11-26-19)18(29)30-4-2;1-2/h5-6,9-11,14H,3-4,7-8,12-13H2,1-2H3;1-2H3. The molecule has 1 saturated heterocycles. The zero-order valence-corrected chi connectivity index (χ0v) is 18.9. The van der Waals surface area contributed by atoms with Crippen molar-refractivity contribution in [1.29, 1.82) is 0 Å². The number of carbonyl (C=O) groups is 1. The number of hydrogen-bond acceptors (Lipinski definition) is 7.